The summed E-state index contributed by atoms with van der Waals surface area (Å²) in [5.41, 5.74) is 0.329. The van der Waals surface area contributed by atoms with Gasteiger partial charge in [0.1, 0.15) is 0 Å². The largest absolute Gasteiger partial charge is 0.360 e. The Kier molecular flexibility index (Phi) is 5.67. The lowest BCUT2D eigenvalue weighted by atomic mass is 10.3. The number of hydrogen-bond donors (Lipinski definition) is 2. The van der Waals surface area contributed by atoms with E-state index in [-0.39, 0.29) is 17.3 Å². The van der Waals surface area contributed by atoms with E-state index in [1.165, 1.54) is 41.3 Å². The van der Waals surface area contributed by atoms with Crippen molar-refractivity contribution in [2.24, 2.45) is 0 Å². The molecule has 0 aliphatic heterocycles. The summed E-state index contributed by atoms with van der Waals surface area (Å²) in [6, 6.07) is 5.81. The fourth-order valence-electron chi connectivity index (χ4n) is 1.51. The third-order valence-electron chi connectivity index (χ3n) is 2.40. The molecule has 0 unspecified atom stereocenters. The first-order chi connectivity index (χ1) is 10.6. The predicted molar refractivity (Wildman–Crippen MR) is 86.5 cm³/mol. The smallest absolute Gasteiger partial charge is 0.271 e. The van der Waals surface area contributed by atoms with Gasteiger partial charge in [-0.2, -0.15) is 0 Å². The predicted octanol–water partition coefficient (Wildman–Crippen LogP) is 2.61. The minimum Gasteiger partial charge on any atom is -0.360 e. The zero-order valence-electron chi connectivity index (χ0n) is 11.6. The number of benzene rings is 1. The molecule has 0 bridgehead atoms. The Morgan fingerprint density at radius 1 is 1.45 bits per heavy atom. The highest BCUT2D eigenvalue weighted by atomic mass is 32.2. The molecule has 0 fully saturated rings. The van der Waals surface area contributed by atoms with Crippen molar-refractivity contribution in [3.8, 4) is 0 Å². The Hall–Kier alpha value is -2.20. The summed E-state index contributed by atoms with van der Waals surface area (Å²) in [5.74, 6) is -0.102. The first-order valence-corrected chi connectivity index (χ1v) is 8.13. The molecule has 0 radical (unpaired) electrons. The van der Waals surface area contributed by atoms with Crippen molar-refractivity contribution in [1.82, 2.24) is 10.2 Å². The third-order valence-corrected chi connectivity index (χ3v) is 4.42. The van der Waals surface area contributed by atoms with Crippen LogP contribution in [0.1, 0.15) is 6.92 Å². The van der Waals surface area contributed by atoms with Gasteiger partial charge in [0.05, 0.1) is 10.7 Å². The standard InChI is InChI=1S/C12H13N5O3S2/c1-2-13-11-15-16-12(22-11)21-7-10(18)14-8-4-3-5-9(6-8)17(19)20/h3-6H,2,7H2,1H3,(H,13,15)(H,14,18). The first-order valence-electron chi connectivity index (χ1n) is 6.33. The van der Waals surface area contributed by atoms with Crippen molar-refractivity contribution in [3.63, 3.8) is 0 Å². The van der Waals surface area contributed by atoms with Gasteiger partial charge in [0.25, 0.3) is 5.69 Å². The van der Waals surface area contributed by atoms with E-state index in [2.05, 4.69) is 20.8 Å². The fraction of sp³-hybridized carbons (Fsp3) is 0.250. The summed E-state index contributed by atoms with van der Waals surface area (Å²) < 4.78 is 0.685. The number of hydrogen-bond acceptors (Lipinski definition) is 8. The Labute approximate surface area is 134 Å². The van der Waals surface area contributed by atoms with Crippen molar-refractivity contribution in [2.45, 2.75) is 11.3 Å². The molecule has 22 heavy (non-hydrogen) atoms. The highest BCUT2D eigenvalue weighted by Crippen LogP contribution is 2.25. The molecule has 0 atom stereocenters. The lowest BCUT2D eigenvalue weighted by Gasteiger charge is -2.03. The molecular formula is C12H13N5O3S2. The number of aromatic nitrogens is 2. The summed E-state index contributed by atoms with van der Waals surface area (Å²) in [6.07, 6.45) is 0. The molecule has 116 valence electrons. The number of anilines is 2. The monoisotopic (exact) mass is 339 g/mol. The number of carbonyl (C=O) groups excluding carboxylic acids is 1. The van der Waals surface area contributed by atoms with Gasteiger partial charge in [0, 0.05) is 24.4 Å². The van der Waals surface area contributed by atoms with Crippen LogP contribution in [0.15, 0.2) is 28.6 Å². The van der Waals surface area contributed by atoms with Crippen molar-refractivity contribution < 1.29 is 9.72 Å². The van der Waals surface area contributed by atoms with Crippen molar-refractivity contribution in [2.75, 3.05) is 22.9 Å². The highest BCUT2D eigenvalue weighted by molar-refractivity contribution is 8.01. The average molecular weight is 339 g/mol. The molecular weight excluding hydrogens is 326 g/mol. The number of carbonyl (C=O) groups is 1. The molecule has 0 spiro atoms. The van der Waals surface area contributed by atoms with E-state index in [9.17, 15) is 14.9 Å². The van der Waals surface area contributed by atoms with Crippen LogP contribution in [-0.4, -0.2) is 33.3 Å². The zero-order valence-corrected chi connectivity index (χ0v) is 13.2. The maximum Gasteiger partial charge on any atom is 0.271 e. The molecule has 2 aromatic rings. The van der Waals surface area contributed by atoms with Crippen LogP contribution in [0.4, 0.5) is 16.5 Å². The molecule has 0 saturated carbocycles. The summed E-state index contributed by atoms with van der Waals surface area (Å²) in [5, 5.41) is 24.9. The molecule has 2 rings (SSSR count). The number of thioether (sulfide) groups is 1. The number of nitro groups is 1. The molecule has 8 nitrogen and oxygen atoms in total. The van der Waals surface area contributed by atoms with Gasteiger partial charge in [-0.1, -0.05) is 29.2 Å². The second kappa shape index (κ2) is 7.71. The molecule has 1 aromatic carbocycles. The summed E-state index contributed by atoms with van der Waals surface area (Å²) in [4.78, 5) is 22.0. The van der Waals surface area contributed by atoms with Gasteiger partial charge in [0.15, 0.2) is 4.34 Å². The van der Waals surface area contributed by atoms with Crippen LogP contribution in [0, 0.1) is 10.1 Å². The van der Waals surface area contributed by atoms with Gasteiger partial charge in [-0.25, -0.2) is 0 Å². The molecule has 10 heteroatoms. The van der Waals surface area contributed by atoms with Gasteiger partial charge in [-0.3, -0.25) is 14.9 Å². The molecule has 1 aromatic heterocycles. The third kappa shape index (κ3) is 4.67. The average Bonchev–Trinajstić information content (AvgIpc) is 2.93. The SMILES string of the molecule is CCNc1nnc(SCC(=O)Nc2cccc([N+](=O)[O-])c2)s1. The van der Waals surface area contributed by atoms with E-state index in [0.29, 0.717) is 15.2 Å². The molecule has 0 aliphatic rings. The van der Waals surface area contributed by atoms with Gasteiger partial charge in [-0.15, -0.1) is 10.2 Å². The van der Waals surface area contributed by atoms with Crippen molar-refractivity contribution in [1.29, 1.82) is 0 Å². The second-order valence-corrected chi connectivity index (χ2v) is 6.25. The van der Waals surface area contributed by atoms with Crippen LogP contribution in [0.3, 0.4) is 0 Å². The van der Waals surface area contributed by atoms with Crippen LogP contribution in [0.2, 0.25) is 0 Å². The van der Waals surface area contributed by atoms with E-state index < -0.39 is 4.92 Å². The lowest BCUT2D eigenvalue weighted by molar-refractivity contribution is -0.384. The summed E-state index contributed by atoms with van der Waals surface area (Å²) >= 11 is 2.64. The number of non-ortho nitro benzene ring substituents is 1. The van der Waals surface area contributed by atoms with Gasteiger partial charge >= 0.3 is 0 Å². The molecule has 1 heterocycles. The van der Waals surface area contributed by atoms with Crippen molar-refractivity contribution in [3.05, 3.63) is 34.4 Å². The van der Waals surface area contributed by atoms with Crippen molar-refractivity contribution >= 4 is 45.5 Å². The number of nitro benzene ring substituents is 1. The Balaban J connectivity index is 1.87. The topological polar surface area (TPSA) is 110 Å². The molecule has 0 aliphatic carbocycles. The van der Waals surface area contributed by atoms with Gasteiger partial charge in [-0.05, 0) is 13.0 Å². The zero-order chi connectivity index (χ0) is 15.9. The highest BCUT2D eigenvalue weighted by Gasteiger charge is 2.10. The van der Waals surface area contributed by atoms with E-state index in [0.717, 1.165) is 6.54 Å². The van der Waals surface area contributed by atoms with Crippen LogP contribution in [0.5, 0.6) is 0 Å². The van der Waals surface area contributed by atoms with Crippen LogP contribution in [-0.2, 0) is 4.79 Å². The number of nitrogens with one attached hydrogen (secondary N) is 2. The second-order valence-electron chi connectivity index (χ2n) is 4.05. The number of rotatable bonds is 7. The lowest BCUT2D eigenvalue weighted by Crippen LogP contribution is -2.14. The van der Waals surface area contributed by atoms with Crippen LogP contribution in [0.25, 0.3) is 0 Å². The van der Waals surface area contributed by atoms with Crippen LogP contribution < -0.4 is 10.6 Å². The number of amides is 1. The van der Waals surface area contributed by atoms with Gasteiger partial charge in [0.2, 0.25) is 11.0 Å². The Morgan fingerprint density at radius 2 is 2.27 bits per heavy atom. The molecule has 1 amide bonds. The Bertz CT molecular complexity index is 676. The maximum absolute atomic E-state index is 11.8. The maximum atomic E-state index is 11.8. The Morgan fingerprint density at radius 3 is 3.00 bits per heavy atom. The van der Waals surface area contributed by atoms with E-state index in [1.807, 2.05) is 6.92 Å². The quantitative estimate of drug-likeness (QED) is 0.453. The summed E-state index contributed by atoms with van der Waals surface area (Å²) in [7, 11) is 0. The molecule has 2 N–H and O–H groups in total. The van der Waals surface area contributed by atoms with E-state index in [1.54, 1.807) is 6.07 Å². The minimum atomic E-state index is -0.506. The number of nitrogens with zero attached hydrogens (tertiary/aromatic N) is 3. The minimum absolute atomic E-state index is 0.0649. The van der Waals surface area contributed by atoms with E-state index in [4.69, 9.17) is 0 Å². The summed E-state index contributed by atoms with van der Waals surface area (Å²) in [6.45, 7) is 2.72. The molecule has 0 saturated heterocycles. The van der Waals surface area contributed by atoms with Gasteiger partial charge < -0.3 is 10.6 Å². The normalized spacial score (nSPS) is 10.2. The van der Waals surface area contributed by atoms with E-state index >= 15 is 0 Å². The first kappa shape index (κ1) is 16.2. The fourth-order valence-corrected chi connectivity index (χ4v) is 3.13. The van der Waals surface area contributed by atoms with Crippen LogP contribution >= 0.6 is 23.1 Å².